The lowest BCUT2D eigenvalue weighted by atomic mass is 9.90. The molecule has 0 aliphatic carbocycles. The van der Waals surface area contributed by atoms with E-state index in [0.29, 0.717) is 56.8 Å². The molecule has 7 heterocycles. The van der Waals surface area contributed by atoms with Gasteiger partial charge in [0.25, 0.3) is 6.43 Å². The van der Waals surface area contributed by atoms with Crippen LogP contribution >= 0.6 is 0 Å². The number of nitrogens with zero attached hydrogens (tertiary/aromatic N) is 7. The maximum absolute atomic E-state index is 14.5. The third-order valence-corrected chi connectivity index (χ3v) is 9.95. The Labute approximate surface area is 250 Å². The predicted octanol–water partition coefficient (Wildman–Crippen LogP) is 3.15. The van der Waals surface area contributed by atoms with E-state index in [0.717, 1.165) is 49.4 Å². The number of hydrogen-bond acceptors (Lipinski definition) is 8. The molecule has 2 aromatic rings. The average molecular weight is 596 g/mol. The van der Waals surface area contributed by atoms with Gasteiger partial charge >= 0.3 is 0 Å². The molecule has 1 spiro atoms. The van der Waals surface area contributed by atoms with Crippen LogP contribution in [0.4, 0.5) is 20.3 Å². The Morgan fingerprint density at radius 3 is 2.81 bits per heavy atom. The smallest absolute Gasteiger partial charge is 0.281 e. The summed E-state index contributed by atoms with van der Waals surface area (Å²) in [7, 11) is 1.68. The highest BCUT2D eigenvalue weighted by Gasteiger charge is 2.49. The number of fused-ring (bicyclic) bond motifs is 5. The second-order valence-corrected chi connectivity index (χ2v) is 12.3. The Hall–Kier alpha value is -3.35. The first kappa shape index (κ1) is 28.4. The van der Waals surface area contributed by atoms with Crippen LogP contribution in [0, 0.1) is 6.92 Å². The molecule has 0 aromatic carbocycles. The quantitative estimate of drug-likeness (QED) is 0.472. The van der Waals surface area contributed by atoms with Gasteiger partial charge in [-0.25, -0.2) is 13.8 Å². The third-order valence-electron chi connectivity index (χ3n) is 9.95. The predicted molar refractivity (Wildman–Crippen MR) is 158 cm³/mol. The van der Waals surface area contributed by atoms with Gasteiger partial charge in [0.2, 0.25) is 5.91 Å². The first-order valence-electron chi connectivity index (χ1n) is 15.2. The van der Waals surface area contributed by atoms with Crippen LogP contribution in [-0.2, 0) is 19.9 Å². The van der Waals surface area contributed by atoms with Crippen molar-refractivity contribution in [3.63, 3.8) is 0 Å². The van der Waals surface area contributed by atoms with Crippen molar-refractivity contribution < 1.29 is 23.0 Å². The largest absolute Gasteiger partial charge is 0.382 e. The number of carbonyl (C=O) groups is 1. The highest BCUT2D eigenvalue weighted by molar-refractivity contribution is 5.87. The fourth-order valence-corrected chi connectivity index (χ4v) is 7.75. The van der Waals surface area contributed by atoms with E-state index in [4.69, 9.17) is 9.47 Å². The standard InChI is InChI=1S/C31H39F2N7O3/c1-4-27(41)37-12-10-36(11-13-37)25-16-39-23(25)7-5-6-22-24(39)14-26(35-28(22)30(32)33)38-9-8-31(19-38)29-20(2)15-34-40(29)21(17-42-3)18-43-31/h4-6,14-15,21,23,25,30H,1,7-13,16-19H2,2-3H3/t21-,23?,25?,31?/m0/s1. The summed E-state index contributed by atoms with van der Waals surface area (Å²) in [4.78, 5) is 25.3. The Morgan fingerprint density at radius 2 is 2.07 bits per heavy atom. The molecule has 3 fully saturated rings. The molecular formula is C31H39F2N7O3. The zero-order valence-corrected chi connectivity index (χ0v) is 24.8. The van der Waals surface area contributed by atoms with Gasteiger partial charge in [0.05, 0.1) is 43.4 Å². The van der Waals surface area contributed by atoms with Crippen LogP contribution < -0.4 is 9.80 Å². The summed E-state index contributed by atoms with van der Waals surface area (Å²) in [5.74, 6) is 0.531. The third kappa shape index (κ3) is 4.65. The number of aromatic nitrogens is 3. The molecule has 10 nitrogen and oxygen atoms in total. The first-order valence-corrected chi connectivity index (χ1v) is 15.2. The van der Waals surface area contributed by atoms with Crippen molar-refractivity contribution in [2.75, 3.05) is 75.9 Å². The van der Waals surface area contributed by atoms with Crippen LogP contribution in [0.1, 0.15) is 47.8 Å². The van der Waals surface area contributed by atoms with E-state index in [9.17, 15) is 13.6 Å². The van der Waals surface area contributed by atoms with Gasteiger partial charge in [-0.05, 0) is 25.0 Å². The number of piperazine rings is 1. The number of pyridine rings is 1. The molecule has 5 aliphatic rings. The van der Waals surface area contributed by atoms with Gasteiger partial charge in [-0.1, -0.05) is 18.7 Å². The van der Waals surface area contributed by atoms with Crippen LogP contribution in [0.15, 0.2) is 31.0 Å². The number of hydrogen-bond donors (Lipinski definition) is 0. The second-order valence-electron chi connectivity index (χ2n) is 12.3. The molecule has 3 saturated heterocycles. The van der Waals surface area contributed by atoms with Crippen molar-refractivity contribution in [1.82, 2.24) is 24.6 Å². The molecule has 0 N–H and O–H groups in total. The van der Waals surface area contributed by atoms with Crippen LogP contribution in [0.25, 0.3) is 6.08 Å². The molecule has 0 saturated carbocycles. The van der Waals surface area contributed by atoms with Crippen LogP contribution in [0.3, 0.4) is 0 Å². The molecule has 2 aromatic heterocycles. The minimum atomic E-state index is -2.69. The van der Waals surface area contributed by atoms with Gasteiger partial charge in [-0.2, -0.15) is 5.10 Å². The molecule has 7 rings (SSSR count). The Morgan fingerprint density at radius 1 is 1.26 bits per heavy atom. The number of carbonyl (C=O) groups excluding carboxylic acids is 1. The molecule has 12 heteroatoms. The van der Waals surface area contributed by atoms with E-state index < -0.39 is 12.0 Å². The van der Waals surface area contributed by atoms with Gasteiger partial charge in [0.1, 0.15) is 17.1 Å². The van der Waals surface area contributed by atoms with Crippen molar-refractivity contribution in [2.45, 2.75) is 49.9 Å². The Bertz CT molecular complexity index is 1440. The minimum absolute atomic E-state index is 0.00188. The normalized spacial score (nSPS) is 28.5. The number of halogens is 2. The molecular weight excluding hydrogens is 556 g/mol. The lowest BCUT2D eigenvalue weighted by Gasteiger charge is -2.55. The van der Waals surface area contributed by atoms with Gasteiger partial charge in [0.15, 0.2) is 0 Å². The molecule has 43 heavy (non-hydrogen) atoms. The zero-order valence-electron chi connectivity index (χ0n) is 24.8. The molecule has 1 amide bonds. The zero-order chi connectivity index (χ0) is 29.9. The average Bonchev–Trinajstić information content (AvgIpc) is 3.57. The summed E-state index contributed by atoms with van der Waals surface area (Å²) in [6.07, 6.45) is 5.89. The number of amides is 1. The number of anilines is 2. The van der Waals surface area contributed by atoms with Crippen molar-refractivity contribution in [1.29, 1.82) is 0 Å². The van der Waals surface area contributed by atoms with E-state index >= 15 is 0 Å². The maximum atomic E-state index is 14.5. The summed E-state index contributed by atoms with van der Waals surface area (Å²) in [5, 5.41) is 4.65. The maximum Gasteiger partial charge on any atom is 0.281 e. The van der Waals surface area contributed by atoms with Crippen molar-refractivity contribution in [2.24, 2.45) is 0 Å². The summed E-state index contributed by atoms with van der Waals surface area (Å²) < 4.78 is 43.1. The topological polar surface area (TPSA) is 79.2 Å². The molecule has 0 radical (unpaired) electrons. The summed E-state index contributed by atoms with van der Waals surface area (Å²) >= 11 is 0. The fraction of sp³-hybridized carbons (Fsp3) is 0.581. The van der Waals surface area contributed by atoms with Crippen LogP contribution in [0.2, 0.25) is 0 Å². The molecule has 0 bridgehead atoms. The highest BCUT2D eigenvalue weighted by atomic mass is 19.3. The fourth-order valence-electron chi connectivity index (χ4n) is 7.75. The van der Waals surface area contributed by atoms with E-state index in [1.54, 1.807) is 7.11 Å². The molecule has 5 aliphatic heterocycles. The van der Waals surface area contributed by atoms with Gasteiger partial charge in [0, 0.05) is 76.5 Å². The van der Waals surface area contributed by atoms with E-state index in [2.05, 4.69) is 31.4 Å². The number of rotatable bonds is 6. The molecule has 3 unspecified atom stereocenters. The highest BCUT2D eigenvalue weighted by Crippen LogP contribution is 2.46. The van der Waals surface area contributed by atoms with E-state index in [-0.39, 0.29) is 23.7 Å². The minimum Gasteiger partial charge on any atom is -0.382 e. The second kappa shape index (κ2) is 11.0. The van der Waals surface area contributed by atoms with Crippen molar-refractivity contribution in [3.05, 3.63) is 53.5 Å². The van der Waals surface area contributed by atoms with Crippen molar-refractivity contribution >= 4 is 23.5 Å². The SMILES string of the molecule is C=CC(=O)N1CCN(C2CN3c4cc(N5CCC6(C5)OC[C@H](COC)n5ncc(C)c56)nc(C(F)F)c4C=CCC23)CC1. The number of methoxy groups -OCH3 is 1. The lowest BCUT2D eigenvalue weighted by Crippen LogP contribution is -2.69. The molecule has 4 atom stereocenters. The summed E-state index contributed by atoms with van der Waals surface area (Å²) in [5.41, 5.74) is 2.68. The molecule has 230 valence electrons. The van der Waals surface area contributed by atoms with E-state index in [1.807, 2.05) is 40.9 Å². The summed E-state index contributed by atoms with van der Waals surface area (Å²) in [6.45, 7) is 11.5. The monoisotopic (exact) mass is 595 g/mol. The number of aryl methyl sites for hydroxylation is 1. The Balaban J connectivity index is 1.15. The van der Waals surface area contributed by atoms with Crippen LogP contribution in [0.5, 0.6) is 0 Å². The van der Waals surface area contributed by atoms with E-state index in [1.165, 1.54) is 6.08 Å². The Kier molecular flexibility index (Phi) is 7.26. The van der Waals surface area contributed by atoms with Gasteiger partial charge < -0.3 is 24.2 Å². The van der Waals surface area contributed by atoms with Crippen LogP contribution in [-0.4, -0.2) is 109 Å². The van der Waals surface area contributed by atoms with Crippen molar-refractivity contribution in [3.8, 4) is 0 Å². The lowest BCUT2D eigenvalue weighted by molar-refractivity contribution is -0.128. The number of ether oxygens (including phenoxy) is 2. The summed E-state index contributed by atoms with van der Waals surface area (Å²) in [6, 6.07) is 2.48. The first-order chi connectivity index (χ1) is 20.8. The number of alkyl halides is 2. The van der Waals surface area contributed by atoms with Gasteiger partial charge in [-0.15, -0.1) is 0 Å². The van der Waals surface area contributed by atoms with Gasteiger partial charge in [-0.3, -0.25) is 14.4 Å².